The zero-order valence-corrected chi connectivity index (χ0v) is 12.0. The molecule has 1 aromatic rings. The molecule has 1 heterocycles. The van der Waals surface area contributed by atoms with E-state index in [1.807, 2.05) is 27.7 Å². The van der Waals surface area contributed by atoms with E-state index in [9.17, 15) is 9.90 Å². The molecule has 0 aliphatic heterocycles. The zero-order chi connectivity index (χ0) is 14.5. The van der Waals surface area contributed by atoms with Crippen molar-refractivity contribution in [2.75, 3.05) is 6.61 Å². The number of nitrogens with one attached hydrogen (secondary N) is 1. The van der Waals surface area contributed by atoms with Crippen LogP contribution in [0.4, 0.5) is 0 Å². The predicted molar refractivity (Wildman–Crippen MR) is 71.6 cm³/mol. The largest absolute Gasteiger partial charge is 0.467 e. The maximum Gasteiger partial charge on any atom is 0.246 e. The second-order valence-electron chi connectivity index (χ2n) is 5.64. The third kappa shape index (κ3) is 6.40. The van der Waals surface area contributed by atoms with E-state index in [0.29, 0.717) is 12.2 Å². The summed E-state index contributed by atoms with van der Waals surface area (Å²) in [5.74, 6) is 0.320. The molecule has 108 valence electrons. The Kier molecular flexibility index (Phi) is 5.57. The first-order valence-corrected chi connectivity index (χ1v) is 6.43. The molecule has 19 heavy (non-hydrogen) atoms. The molecule has 0 radical (unpaired) electrons. The van der Waals surface area contributed by atoms with Crippen molar-refractivity contribution in [1.29, 1.82) is 0 Å². The molecule has 1 rings (SSSR count). The number of aliphatic hydroxyl groups excluding tert-OH is 1. The van der Waals surface area contributed by atoms with Gasteiger partial charge in [0.15, 0.2) is 0 Å². The number of ether oxygens (including phenoxy) is 1. The van der Waals surface area contributed by atoms with Crippen LogP contribution in [0.1, 0.15) is 46.0 Å². The number of hydrogen-bond donors (Lipinski definition) is 2. The highest BCUT2D eigenvalue weighted by Crippen LogP contribution is 2.18. The van der Waals surface area contributed by atoms with E-state index in [1.54, 1.807) is 12.1 Å². The topological polar surface area (TPSA) is 71.7 Å². The van der Waals surface area contributed by atoms with Gasteiger partial charge in [0, 0.05) is 12.5 Å². The van der Waals surface area contributed by atoms with E-state index in [2.05, 4.69) is 5.32 Å². The van der Waals surface area contributed by atoms with E-state index in [-0.39, 0.29) is 24.2 Å². The van der Waals surface area contributed by atoms with Gasteiger partial charge in [-0.3, -0.25) is 4.79 Å². The van der Waals surface area contributed by atoms with Gasteiger partial charge in [0.1, 0.15) is 18.5 Å². The van der Waals surface area contributed by atoms with Crippen molar-refractivity contribution >= 4 is 5.91 Å². The van der Waals surface area contributed by atoms with Crippen molar-refractivity contribution in [3.8, 4) is 0 Å². The highest BCUT2D eigenvalue weighted by Gasteiger charge is 2.18. The van der Waals surface area contributed by atoms with Gasteiger partial charge in [-0.15, -0.1) is 0 Å². The Hall–Kier alpha value is -1.33. The van der Waals surface area contributed by atoms with Crippen molar-refractivity contribution in [2.24, 2.45) is 0 Å². The summed E-state index contributed by atoms with van der Waals surface area (Å²) in [6.07, 6.45) is 1.20. The fourth-order valence-electron chi connectivity index (χ4n) is 1.59. The molecule has 1 aromatic heterocycles. The van der Waals surface area contributed by atoms with Crippen LogP contribution in [0.2, 0.25) is 0 Å². The van der Waals surface area contributed by atoms with E-state index >= 15 is 0 Å². The van der Waals surface area contributed by atoms with Gasteiger partial charge in [0.2, 0.25) is 5.91 Å². The van der Waals surface area contributed by atoms with Crippen LogP contribution in [0.25, 0.3) is 0 Å². The highest BCUT2D eigenvalue weighted by molar-refractivity contribution is 5.77. The summed E-state index contributed by atoms with van der Waals surface area (Å²) in [6, 6.07) is 3.28. The number of carbonyl (C=O) groups is 1. The van der Waals surface area contributed by atoms with Gasteiger partial charge in [0.25, 0.3) is 0 Å². The maximum atomic E-state index is 11.6. The molecule has 0 aliphatic rings. The standard InChI is InChI=1S/C14H23NO4/c1-10(8-11(16)12-6-5-7-18-12)15-13(17)9-19-14(2,3)4/h5-7,10-11,16H,8-9H2,1-4H3,(H,15,17). The number of carbonyl (C=O) groups excluding carboxylic acids is 1. The monoisotopic (exact) mass is 269 g/mol. The van der Waals surface area contributed by atoms with Crippen LogP contribution in [-0.2, 0) is 9.53 Å². The normalized spacial score (nSPS) is 15.0. The minimum absolute atomic E-state index is 0.0185. The van der Waals surface area contributed by atoms with Gasteiger partial charge in [0.05, 0.1) is 11.9 Å². The first-order valence-electron chi connectivity index (χ1n) is 6.43. The fraction of sp³-hybridized carbons (Fsp3) is 0.643. The first-order chi connectivity index (χ1) is 8.78. The average molecular weight is 269 g/mol. The Morgan fingerprint density at radius 2 is 2.21 bits per heavy atom. The molecule has 0 aromatic carbocycles. The smallest absolute Gasteiger partial charge is 0.246 e. The molecule has 2 unspecified atom stereocenters. The molecule has 0 saturated heterocycles. The molecule has 0 bridgehead atoms. The molecule has 5 heteroatoms. The number of rotatable bonds is 6. The van der Waals surface area contributed by atoms with Gasteiger partial charge in [-0.2, -0.15) is 0 Å². The lowest BCUT2D eigenvalue weighted by molar-refractivity contribution is -0.131. The van der Waals surface area contributed by atoms with Crippen LogP contribution in [0.15, 0.2) is 22.8 Å². The van der Waals surface area contributed by atoms with Crippen molar-refractivity contribution in [3.05, 3.63) is 24.2 Å². The average Bonchev–Trinajstić information content (AvgIpc) is 2.78. The summed E-state index contributed by atoms with van der Waals surface area (Å²) in [6.45, 7) is 7.53. The van der Waals surface area contributed by atoms with Crippen molar-refractivity contribution in [2.45, 2.75) is 51.9 Å². The molecule has 0 saturated carbocycles. The SMILES string of the molecule is CC(CC(O)c1ccco1)NC(=O)COC(C)(C)C. The van der Waals surface area contributed by atoms with Gasteiger partial charge in [-0.25, -0.2) is 0 Å². The fourth-order valence-corrected chi connectivity index (χ4v) is 1.59. The van der Waals surface area contributed by atoms with Crippen LogP contribution in [0.5, 0.6) is 0 Å². The lowest BCUT2D eigenvalue weighted by atomic mass is 10.1. The molecule has 1 amide bonds. The van der Waals surface area contributed by atoms with E-state index < -0.39 is 6.10 Å². The second kappa shape index (κ2) is 6.73. The van der Waals surface area contributed by atoms with Gasteiger partial charge >= 0.3 is 0 Å². The van der Waals surface area contributed by atoms with Crippen LogP contribution < -0.4 is 5.32 Å². The second-order valence-corrected chi connectivity index (χ2v) is 5.64. The van der Waals surface area contributed by atoms with Gasteiger partial charge in [-0.1, -0.05) is 0 Å². The summed E-state index contributed by atoms with van der Waals surface area (Å²) >= 11 is 0. The van der Waals surface area contributed by atoms with E-state index in [0.717, 1.165) is 0 Å². The molecule has 5 nitrogen and oxygen atoms in total. The Bertz CT molecular complexity index is 381. The minimum Gasteiger partial charge on any atom is -0.467 e. The predicted octanol–water partition coefficient (Wildman–Crippen LogP) is 2.02. The van der Waals surface area contributed by atoms with Crippen LogP contribution in [-0.4, -0.2) is 29.3 Å². The summed E-state index contributed by atoms with van der Waals surface area (Å²) in [7, 11) is 0. The van der Waals surface area contributed by atoms with Crippen molar-refractivity contribution in [3.63, 3.8) is 0 Å². The zero-order valence-electron chi connectivity index (χ0n) is 12.0. The lowest BCUT2D eigenvalue weighted by Crippen LogP contribution is -2.38. The molecule has 2 atom stereocenters. The number of hydrogen-bond acceptors (Lipinski definition) is 4. The molecular formula is C14H23NO4. The molecule has 0 spiro atoms. The summed E-state index contributed by atoms with van der Waals surface area (Å²) in [5, 5.41) is 12.7. The first kappa shape index (κ1) is 15.7. The summed E-state index contributed by atoms with van der Waals surface area (Å²) in [5.41, 5.74) is -0.339. The molecule has 0 fully saturated rings. The molecule has 0 aliphatic carbocycles. The van der Waals surface area contributed by atoms with Crippen molar-refractivity contribution in [1.82, 2.24) is 5.32 Å². The van der Waals surface area contributed by atoms with E-state index in [4.69, 9.17) is 9.15 Å². The Morgan fingerprint density at radius 3 is 2.74 bits per heavy atom. The Labute approximate surface area is 113 Å². The maximum absolute atomic E-state index is 11.6. The quantitative estimate of drug-likeness (QED) is 0.828. The van der Waals surface area contributed by atoms with Crippen LogP contribution in [0.3, 0.4) is 0 Å². The Morgan fingerprint density at radius 1 is 1.53 bits per heavy atom. The highest BCUT2D eigenvalue weighted by atomic mass is 16.5. The number of aliphatic hydroxyl groups is 1. The van der Waals surface area contributed by atoms with Gasteiger partial charge in [-0.05, 0) is 39.8 Å². The summed E-state index contributed by atoms with van der Waals surface area (Å²) < 4.78 is 10.5. The van der Waals surface area contributed by atoms with Crippen molar-refractivity contribution < 1.29 is 19.1 Å². The molecule has 2 N–H and O–H groups in total. The third-order valence-electron chi connectivity index (χ3n) is 2.49. The van der Waals surface area contributed by atoms with Crippen LogP contribution in [0, 0.1) is 0 Å². The third-order valence-corrected chi connectivity index (χ3v) is 2.49. The Balaban J connectivity index is 2.31. The summed E-state index contributed by atoms with van der Waals surface area (Å²) in [4.78, 5) is 11.6. The minimum atomic E-state index is -0.714. The number of amides is 1. The number of furan rings is 1. The van der Waals surface area contributed by atoms with Gasteiger partial charge < -0.3 is 19.6 Å². The lowest BCUT2D eigenvalue weighted by Gasteiger charge is -2.21. The van der Waals surface area contributed by atoms with E-state index in [1.165, 1.54) is 6.26 Å². The molecular weight excluding hydrogens is 246 g/mol. The van der Waals surface area contributed by atoms with Crippen LogP contribution >= 0.6 is 0 Å².